The van der Waals surface area contributed by atoms with E-state index in [0.29, 0.717) is 39.5 Å². The van der Waals surface area contributed by atoms with Crippen molar-refractivity contribution in [1.82, 2.24) is 30.1 Å². The fraction of sp³-hybridized carbons (Fsp3) is 0.231. The van der Waals surface area contributed by atoms with Gasteiger partial charge in [0.05, 0.1) is 11.4 Å². The van der Waals surface area contributed by atoms with Crippen LogP contribution in [0.4, 0.5) is 13.2 Å². The average Bonchev–Trinajstić information content (AvgIpc) is 3.54. The second-order valence-corrected chi connectivity index (χ2v) is 8.76. The maximum atomic E-state index is 13.4. The molecule has 10 heteroatoms. The zero-order chi connectivity index (χ0) is 24.7. The van der Waals surface area contributed by atoms with Crippen LogP contribution < -0.4 is 10.1 Å². The fourth-order valence-corrected chi connectivity index (χ4v) is 4.41. The number of halogens is 3. The van der Waals surface area contributed by atoms with Crippen molar-refractivity contribution in [3.63, 3.8) is 0 Å². The predicted octanol–water partition coefficient (Wildman–Crippen LogP) is 4.92. The first-order valence-corrected chi connectivity index (χ1v) is 11.5. The Labute approximate surface area is 204 Å². The summed E-state index contributed by atoms with van der Waals surface area (Å²) < 4.78 is 46.8. The molecule has 0 radical (unpaired) electrons. The van der Waals surface area contributed by atoms with Gasteiger partial charge in [-0.1, -0.05) is 54.6 Å². The molecule has 3 heterocycles. The van der Waals surface area contributed by atoms with Gasteiger partial charge in [0, 0.05) is 29.3 Å². The lowest BCUT2D eigenvalue weighted by Gasteiger charge is -2.11. The van der Waals surface area contributed by atoms with E-state index in [2.05, 4.69) is 49.9 Å². The molecule has 1 aliphatic carbocycles. The number of ether oxygens (including phenoxy) is 1. The Hall–Kier alpha value is -4.05. The molecule has 6 rings (SSSR count). The lowest BCUT2D eigenvalue weighted by atomic mass is 10.1. The number of benzene rings is 2. The number of aromatic nitrogens is 5. The van der Waals surface area contributed by atoms with E-state index in [0.717, 1.165) is 12.1 Å². The third-order valence-electron chi connectivity index (χ3n) is 6.27. The first-order chi connectivity index (χ1) is 17.5. The van der Waals surface area contributed by atoms with Gasteiger partial charge in [0.1, 0.15) is 6.61 Å². The van der Waals surface area contributed by atoms with Crippen LogP contribution in [-0.2, 0) is 19.3 Å². The van der Waals surface area contributed by atoms with E-state index in [1.54, 1.807) is 24.3 Å². The van der Waals surface area contributed by atoms with Gasteiger partial charge in [-0.05, 0) is 30.2 Å². The van der Waals surface area contributed by atoms with Crippen molar-refractivity contribution >= 4 is 16.4 Å². The van der Waals surface area contributed by atoms with Gasteiger partial charge in [0.15, 0.2) is 5.65 Å². The van der Waals surface area contributed by atoms with Crippen molar-refractivity contribution < 1.29 is 17.9 Å². The van der Waals surface area contributed by atoms with Crippen LogP contribution >= 0.6 is 0 Å². The maximum absolute atomic E-state index is 13.4. The zero-order valence-electron chi connectivity index (χ0n) is 19.0. The Morgan fingerprint density at radius 3 is 2.44 bits per heavy atom. The van der Waals surface area contributed by atoms with Crippen LogP contribution in [0.15, 0.2) is 72.8 Å². The van der Waals surface area contributed by atoms with E-state index in [-0.39, 0.29) is 18.1 Å². The first-order valence-electron chi connectivity index (χ1n) is 11.5. The molecule has 0 saturated heterocycles. The minimum atomic E-state index is -4.70. The summed E-state index contributed by atoms with van der Waals surface area (Å²) in [6.45, 7) is 0.667. The number of alkyl halides is 3. The molecule has 2 aromatic carbocycles. The summed E-state index contributed by atoms with van der Waals surface area (Å²) in [5.41, 5.74) is 2.87. The largest absolute Gasteiger partial charge is 0.470 e. The lowest BCUT2D eigenvalue weighted by molar-refractivity contribution is -0.146. The van der Waals surface area contributed by atoms with Gasteiger partial charge in [-0.3, -0.25) is 4.98 Å². The summed E-state index contributed by atoms with van der Waals surface area (Å²) >= 11 is 0. The monoisotopic (exact) mass is 490 g/mol. The van der Waals surface area contributed by atoms with Crippen molar-refractivity contribution in [2.45, 2.75) is 37.7 Å². The molecule has 1 N–H and O–H groups in total. The molecule has 3 aromatic heterocycles. The maximum Gasteiger partial charge on any atom is 0.453 e. The Morgan fingerprint density at radius 2 is 1.64 bits per heavy atom. The van der Waals surface area contributed by atoms with Gasteiger partial charge in [-0.2, -0.15) is 17.7 Å². The highest BCUT2D eigenvalue weighted by Crippen LogP contribution is 2.40. The summed E-state index contributed by atoms with van der Waals surface area (Å²) in [5.74, 6) is -0.628. The lowest BCUT2D eigenvalue weighted by Crippen LogP contribution is -2.18. The normalized spacial score (nSPS) is 17.5. The number of pyridine rings is 1. The smallest absolute Gasteiger partial charge is 0.453 e. The minimum absolute atomic E-state index is 0.0188. The molecule has 7 nitrogen and oxygen atoms in total. The molecular formula is C26H21F3N6O. The molecule has 0 bridgehead atoms. The highest BCUT2D eigenvalue weighted by atomic mass is 19.4. The molecule has 36 heavy (non-hydrogen) atoms. The van der Waals surface area contributed by atoms with Crippen LogP contribution in [-0.4, -0.2) is 30.8 Å². The Morgan fingerprint density at radius 1 is 0.889 bits per heavy atom. The number of nitrogens with one attached hydrogen (secondary N) is 1. The van der Waals surface area contributed by atoms with Crippen molar-refractivity contribution in [1.29, 1.82) is 0 Å². The van der Waals surface area contributed by atoms with Crippen molar-refractivity contribution in [3.8, 4) is 5.88 Å². The predicted molar refractivity (Wildman–Crippen MR) is 126 cm³/mol. The molecule has 2 unspecified atom stereocenters. The summed E-state index contributed by atoms with van der Waals surface area (Å²) in [6.07, 6.45) is -3.60. The van der Waals surface area contributed by atoms with Gasteiger partial charge in [-0.15, -0.1) is 15.3 Å². The van der Waals surface area contributed by atoms with Gasteiger partial charge in [0.2, 0.25) is 5.88 Å². The Bertz CT molecular complexity index is 1540. The Kier molecular flexibility index (Phi) is 5.52. The minimum Gasteiger partial charge on any atom is -0.470 e. The molecule has 5 aromatic rings. The fourth-order valence-electron chi connectivity index (χ4n) is 4.41. The number of nitrogens with zero attached hydrogens (tertiary/aromatic N) is 5. The van der Waals surface area contributed by atoms with Crippen molar-refractivity contribution in [3.05, 3.63) is 95.6 Å². The summed E-state index contributed by atoms with van der Waals surface area (Å²) in [5, 5.41) is 15.6. The highest BCUT2D eigenvalue weighted by Gasteiger charge is 2.39. The molecule has 0 amide bonds. The van der Waals surface area contributed by atoms with E-state index >= 15 is 0 Å². The highest BCUT2D eigenvalue weighted by molar-refractivity contribution is 5.96. The first kappa shape index (κ1) is 22.4. The second-order valence-electron chi connectivity index (χ2n) is 8.76. The number of hydrogen-bond acceptors (Lipinski definition) is 6. The zero-order valence-corrected chi connectivity index (χ0v) is 19.0. The molecule has 182 valence electrons. The van der Waals surface area contributed by atoms with Crippen LogP contribution in [0, 0.1) is 0 Å². The van der Waals surface area contributed by atoms with E-state index in [4.69, 9.17) is 4.74 Å². The molecular weight excluding hydrogens is 469 g/mol. The standard InChI is InChI=1S/C26H21F3N6O/c27-26(28,29)25-33-32-23-19-11-4-5-12-20(19)24(34-35(23)25)36-15-18-10-6-9-17(31-18)14-30-22-13-21(22)16-7-2-1-3-8-16/h1-12,21-22,30H,13-15H2. The SMILES string of the molecule is FC(F)(F)c1nnc2c3ccccc3c(OCc3cccc(CNC4CC4c4ccccc4)n3)nn12. The van der Waals surface area contributed by atoms with Crippen LogP contribution in [0.25, 0.3) is 16.4 Å². The van der Waals surface area contributed by atoms with E-state index in [1.807, 2.05) is 24.3 Å². The summed E-state index contributed by atoms with van der Waals surface area (Å²) in [4.78, 5) is 4.65. The van der Waals surface area contributed by atoms with Crippen LogP contribution in [0.2, 0.25) is 0 Å². The summed E-state index contributed by atoms with van der Waals surface area (Å²) in [6, 6.07) is 23.4. The van der Waals surface area contributed by atoms with Gasteiger partial charge >= 0.3 is 6.18 Å². The van der Waals surface area contributed by atoms with Crippen molar-refractivity contribution in [2.24, 2.45) is 0 Å². The topological polar surface area (TPSA) is 77.2 Å². The molecule has 0 spiro atoms. The quantitative estimate of drug-likeness (QED) is 0.349. The van der Waals surface area contributed by atoms with Crippen LogP contribution in [0.1, 0.15) is 35.1 Å². The Balaban J connectivity index is 1.18. The third kappa shape index (κ3) is 4.35. The third-order valence-corrected chi connectivity index (χ3v) is 6.27. The van der Waals surface area contributed by atoms with E-state index < -0.39 is 12.0 Å². The van der Waals surface area contributed by atoms with Crippen molar-refractivity contribution in [2.75, 3.05) is 0 Å². The number of rotatable bonds is 7. The molecule has 1 aliphatic rings. The van der Waals surface area contributed by atoms with Gasteiger partial charge < -0.3 is 10.1 Å². The van der Waals surface area contributed by atoms with Gasteiger partial charge in [0.25, 0.3) is 5.82 Å². The average molecular weight is 490 g/mol. The van der Waals surface area contributed by atoms with Gasteiger partial charge in [-0.25, -0.2) is 0 Å². The summed E-state index contributed by atoms with van der Waals surface area (Å²) in [7, 11) is 0. The molecule has 0 aliphatic heterocycles. The second kappa shape index (κ2) is 8.87. The molecule has 2 atom stereocenters. The van der Waals surface area contributed by atoms with E-state index in [9.17, 15) is 13.2 Å². The van der Waals surface area contributed by atoms with E-state index in [1.165, 1.54) is 5.56 Å². The molecule has 1 saturated carbocycles. The van der Waals surface area contributed by atoms with Crippen LogP contribution in [0.5, 0.6) is 5.88 Å². The number of hydrogen-bond donors (Lipinski definition) is 1. The molecule has 1 fully saturated rings. The van der Waals surface area contributed by atoms with Crippen LogP contribution in [0.3, 0.4) is 0 Å². The number of fused-ring (bicyclic) bond motifs is 3.